The first-order valence-electron chi connectivity index (χ1n) is 4.78. The van der Waals surface area contributed by atoms with Crippen molar-refractivity contribution in [2.75, 3.05) is 0 Å². The number of pyridine rings is 1. The van der Waals surface area contributed by atoms with Crippen LogP contribution in [-0.4, -0.2) is 15.0 Å². The van der Waals surface area contributed by atoms with E-state index in [1.807, 2.05) is 13.0 Å². The third-order valence-electron chi connectivity index (χ3n) is 2.21. The van der Waals surface area contributed by atoms with Gasteiger partial charge in [0.15, 0.2) is 0 Å². The van der Waals surface area contributed by atoms with Crippen LogP contribution in [0.5, 0.6) is 0 Å². The Labute approximate surface area is 97.3 Å². The van der Waals surface area contributed by atoms with E-state index >= 15 is 0 Å². The molecule has 0 aromatic carbocycles. The molecule has 2 aromatic heterocycles. The number of halogens is 1. The lowest BCUT2D eigenvalue weighted by Gasteiger charge is -2.04. The van der Waals surface area contributed by atoms with Gasteiger partial charge < -0.3 is 4.98 Å². The smallest absolute Gasteiger partial charge is 0.251 e. The first-order chi connectivity index (χ1) is 7.70. The van der Waals surface area contributed by atoms with Gasteiger partial charge in [0.2, 0.25) is 0 Å². The highest BCUT2D eigenvalue weighted by molar-refractivity contribution is 6.16. The Kier molecular flexibility index (Phi) is 3.01. The van der Waals surface area contributed by atoms with Crippen molar-refractivity contribution >= 4 is 11.6 Å². The van der Waals surface area contributed by atoms with E-state index in [9.17, 15) is 4.79 Å². The summed E-state index contributed by atoms with van der Waals surface area (Å²) in [5, 5.41) is 0. The number of H-pyrrole nitrogens is 1. The molecule has 0 bridgehead atoms. The summed E-state index contributed by atoms with van der Waals surface area (Å²) in [6, 6.07) is 3.21. The van der Waals surface area contributed by atoms with Crippen LogP contribution in [0.1, 0.15) is 11.3 Å². The number of aromatic nitrogens is 3. The van der Waals surface area contributed by atoms with Crippen LogP contribution in [0.15, 0.2) is 29.3 Å². The van der Waals surface area contributed by atoms with E-state index < -0.39 is 0 Å². The molecule has 2 heterocycles. The summed E-state index contributed by atoms with van der Waals surface area (Å²) in [5.74, 6) is 0.754. The number of rotatable bonds is 2. The lowest BCUT2D eigenvalue weighted by molar-refractivity contribution is 1.05. The summed E-state index contributed by atoms with van der Waals surface area (Å²) < 4.78 is 0. The molecule has 5 heteroatoms. The number of hydrogen-bond donors (Lipinski definition) is 1. The number of nitrogens with zero attached hydrogens (tertiary/aromatic N) is 2. The van der Waals surface area contributed by atoms with Crippen LogP contribution < -0.4 is 5.56 Å². The molecule has 82 valence electrons. The van der Waals surface area contributed by atoms with Crippen LogP contribution in [0, 0.1) is 6.92 Å². The monoisotopic (exact) mass is 235 g/mol. The van der Waals surface area contributed by atoms with Crippen LogP contribution in [0.25, 0.3) is 11.4 Å². The maximum absolute atomic E-state index is 11.4. The predicted octanol–water partition coefficient (Wildman–Crippen LogP) is 1.88. The Balaban J connectivity index is 2.60. The van der Waals surface area contributed by atoms with Gasteiger partial charge >= 0.3 is 0 Å². The summed E-state index contributed by atoms with van der Waals surface area (Å²) in [6.07, 6.45) is 3.39. The average molecular weight is 236 g/mol. The molecule has 0 aliphatic heterocycles. The second kappa shape index (κ2) is 4.45. The fraction of sp³-hybridized carbons (Fsp3) is 0.182. The molecule has 0 radical (unpaired) electrons. The zero-order valence-corrected chi connectivity index (χ0v) is 9.45. The SMILES string of the molecule is Cc1cnccc1-c1nc(CCl)cc(=O)[nH]1. The fourth-order valence-corrected chi connectivity index (χ4v) is 1.58. The van der Waals surface area contributed by atoms with Crippen molar-refractivity contribution in [2.24, 2.45) is 0 Å². The van der Waals surface area contributed by atoms with E-state index in [-0.39, 0.29) is 11.4 Å². The fourth-order valence-electron chi connectivity index (χ4n) is 1.44. The molecule has 0 unspecified atom stereocenters. The zero-order chi connectivity index (χ0) is 11.5. The molecule has 2 rings (SSSR count). The van der Waals surface area contributed by atoms with Gasteiger partial charge in [-0.3, -0.25) is 9.78 Å². The number of aryl methyl sites for hydroxylation is 1. The minimum Gasteiger partial charge on any atom is -0.307 e. The Morgan fingerprint density at radius 3 is 3.00 bits per heavy atom. The van der Waals surface area contributed by atoms with Crippen molar-refractivity contribution in [1.29, 1.82) is 0 Å². The molecule has 0 spiro atoms. The summed E-state index contributed by atoms with van der Waals surface area (Å²) in [4.78, 5) is 22.3. The molecule has 0 aliphatic rings. The van der Waals surface area contributed by atoms with Crippen LogP contribution in [0.4, 0.5) is 0 Å². The van der Waals surface area contributed by atoms with E-state index in [1.54, 1.807) is 12.4 Å². The van der Waals surface area contributed by atoms with Crippen molar-refractivity contribution in [1.82, 2.24) is 15.0 Å². The third-order valence-corrected chi connectivity index (χ3v) is 2.48. The molecule has 0 amide bonds. The summed E-state index contributed by atoms with van der Waals surface area (Å²) >= 11 is 5.67. The van der Waals surface area contributed by atoms with Crippen molar-refractivity contribution in [2.45, 2.75) is 12.8 Å². The predicted molar refractivity (Wildman–Crippen MR) is 62.4 cm³/mol. The molecule has 2 aromatic rings. The molecule has 0 saturated heterocycles. The highest BCUT2D eigenvalue weighted by atomic mass is 35.5. The second-order valence-electron chi connectivity index (χ2n) is 3.41. The lowest BCUT2D eigenvalue weighted by Crippen LogP contribution is -2.10. The molecule has 0 atom stereocenters. The molecule has 0 aliphatic carbocycles. The Morgan fingerprint density at radius 1 is 1.50 bits per heavy atom. The van der Waals surface area contributed by atoms with Crippen molar-refractivity contribution in [3.05, 3.63) is 46.1 Å². The highest BCUT2D eigenvalue weighted by Gasteiger charge is 2.05. The summed E-state index contributed by atoms with van der Waals surface area (Å²) in [7, 11) is 0. The Bertz CT molecular complexity index is 565. The van der Waals surface area contributed by atoms with E-state index in [4.69, 9.17) is 11.6 Å². The van der Waals surface area contributed by atoms with E-state index in [0.29, 0.717) is 11.5 Å². The van der Waals surface area contributed by atoms with Crippen LogP contribution in [0.2, 0.25) is 0 Å². The Hall–Kier alpha value is -1.68. The van der Waals surface area contributed by atoms with Gasteiger partial charge in [-0.05, 0) is 18.6 Å². The minimum atomic E-state index is -0.197. The van der Waals surface area contributed by atoms with Gasteiger partial charge in [-0.1, -0.05) is 0 Å². The van der Waals surface area contributed by atoms with Crippen LogP contribution in [-0.2, 0) is 5.88 Å². The maximum Gasteiger partial charge on any atom is 0.251 e. The summed E-state index contributed by atoms with van der Waals surface area (Å²) in [5.41, 5.74) is 2.19. The van der Waals surface area contributed by atoms with E-state index in [2.05, 4.69) is 15.0 Å². The molecular weight excluding hydrogens is 226 g/mol. The standard InChI is InChI=1S/C11H10ClN3O/c1-7-6-13-3-2-9(7)11-14-8(5-12)4-10(16)15-11/h2-4,6H,5H2,1H3,(H,14,15,16). The van der Waals surface area contributed by atoms with Gasteiger partial charge in [0.25, 0.3) is 5.56 Å². The number of hydrogen-bond acceptors (Lipinski definition) is 3. The molecule has 4 nitrogen and oxygen atoms in total. The molecule has 0 saturated carbocycles. The Morgan fingerprint density at radius 2 is 2.31 bits per heavy atom. The maximum atomic E-state index is 11.4. The molecular formula is C11H10ClN3O. The van der Waals surface area contributed by atoms with Crippen molar-refractivity contribution < 1.29 is 0 Å². The normalized spacial score (nSPS) is 10.4. The van der Waals surface area contributed by atoms with Gasteiger partial charge in [0.1, 0.15) is 5.82 Å². The van der Waals surface area contributed by atoms with Gasteiger partial charge in [0.05, 0.1) is 11.6 Å². The van der Waals surface area contributed by atoms with Gasteiger partial charge in [-0.25, -0.2) is 4.98 Å². The number of aromatic amines is 1. The van der Waals surface area contributed by atoms with Crippen LogP contribution in [0.3, 0.4) is 0 Å². The quantitative estimate of drug-likeness (QED) is 0.809. The number of alkyl halides is 1. The molecule has 1 N–H and O–H groups in total. The van der Waals surface area contributed by atoms with E-state index in [0.717, 1.165) is 11.1 Å². The van der Waals surface area contributed by atoms with Gasteiger partial charge in [0, 0.05) is 24.0 Å². The van der Waals surface area contributed by atoms with Crippen LogP contribution >= 0.6 is 11.6 Å². The summed E-state index contributed by atoms with van der Waals surface area (Å²) in [6.45, 7) is 1.91. The topological polar surface area (TPSA) is 58.6 Å². The first kappa shape index (κ1) is 10.8. The van der Waals surface area contributed by atoms with Gasteiger partial charge in [-0.15, -0.1) is 11.6 Å². The number of nitrogens with one attached hydrogen (secondary N) is 1. The third kappa shape index (κ3) is 2.12. The second-order valence-corrected chi connectivity index (χ2v) is 3.68. The highest BCUT2D eigenvalue weighted by Crippen LogP contribution is 2.17. The van der Waals surface area contributed by atoms with Gasteiger partial charge in [-0.2, -0.15) is 0 Å². The molecule has 0 fully saturated rings. The molecule has 16 heavy (non-hydrogen) atoms. The lowest BCUT2D eigenvalue weighted by atomic mass is 10.1. The minimum absolute atomic E-state index is 0.197. The average Bonchev–Trinajstić information content (AvgIpc) is 2.28. The van der Waals surface area contributed by atoms with Crippen molar-refractivity contribution in [3.63, 3.8) is 0 Å². The van der Waals surface area contributed by atoms with E-state index in [1.165, 1.54) is 6.07 Å². The first-order valence-corrected chi connectivity index (χ1v) is 5.31. The van der Waals surface area contributed by atoms with Crippen molar-refractivity contribution in [3.8, 4) is 11.4 Å². The largest absolute Gasteiger partial charge is 0.307 e. The zero-order valence-electron chi connectivity index (χ0n) is 8.70.